The van der Waals surface area contributed by atoms with Crippen LogP contribution in [-0.2, 0) is 6.42 Å². The topological polar surface area (TPSA) is 9.23 Å². The van der Waals surface area contributed by atoms with Crippen molar-refractivity contribution in [2.75, 3.05) is 0 Å². The van der Waals surface area contributed by atoms with Crippen LogP contribution in [-0.4, -0.2) is 8.32 Å². The van der Waals surface area contributed by atoms with Crippen molar-refractivity contribution in [1.82, 2.24) is 0 Å². The molecule has 0 amide bonds. The number of allylic oxidation sites excluding steroid dienone is 4. The highest BCUT2D eigenvalue weighted by molar-refractivity contribution is 7.00. The smallest absolute Gasteiger partial charge is 0.319 e. The molecule has 0 fully saturated rings. The first kappa shape index (κ1) is 26.8. The molecule has 3 aromatic carbocycles. The lowest BCUT2D eigenvalue weighted by atomic mass is 10.1. The Balaban J connectivity index is 1.87. The minimum atomic E-state index is -2.60. The summed E-state index contributed by atoms with van der Waals surface area (Å²) in [5.41, 5.74) is 4.20. The second-order valence-corrected chi connectivity index (χ2v) is 15.0. The van der Waals surface area contributed by atoms with E-state index in [1.54, 1.807) is 0 Å². The van der Waals surface area contributed by atoms with E-state index in [1.807, 2.05) is 0 Å². The van der Waals surface area contributed by atoms with Gasteiger partial charge in [-0.25, -0.2) is 0 Å². The number of benzene rings is 3. The highest BCUT2D eigenvalue weighted by Gasteiger charge is 2.52. The largest absolute Gasteiger partial charge is 0.534 e. The lowest BCUT2D eigenvalue weighted by molar-refractivity contribution is 0.507. The van der Waals surface area contributed by atoms with Crippen LogP contribution in [0.4, 0.5) is 0 Å². The molecule has 0 unspecified atom stereocenters. The Kier molecular flexibility index (Phi) is 9.34. The molecule has 0 aliphatic rings. The zero-order chi connectivity index (χ0) is 25.3. The number of hydrogen-bond donors (Lipinski definition) is 0. The van der Waals surface area contributed by atoms with Crippen molar-refractivity contribution in [3.63, 3.8) is 0 Å². The predicted octanol–water partition coefficient (Wildman–Crippen LogP) is 8.25. The molecule has 184 valence electrons. The highest BCUT2D eigenvalue weighted by atomic mass is 28.4. The average molecular weight is 483 g/mol. The molecule has 0 heterocycles. The van der Waals surface area contributed by atoms with Crippen molar-refractivity contribution < 1.29 is 4.43 Å². The van der Waals surface area contributed by atoms with Crippen LogP contribution in [0.1, 0.15) is 66.4 Å². The monoisotopic (exact) mass is 482 g/mol. The van der Waals surface area contributed by atoms with Crippen molar-refractivity contribution in [1.29, 1.82) is 0 Å². The van der Waals surface area contributed by atoms with Crippen LogP contribution in [0, 0.1) is 0 Å². The van der Waals surface area contributed by atoms with Gasteiger partial charge in [-0.1, -0.05) is 117 Å². The first-order valence-electron chi connectivity index (χ1n) is 12.9. The third-order valence-electron chi connectivity index (χ3n) is 6.60. The van der Waals surface area contributed by atoms with Gasteiger partial charge < -0.3 is 4.43 Å². The summed E-state index contributed by atoms with van der Waals surface area (Å²) in [6.07, 6.45) is 9.08. The average Bonchev–Trinajstić information content (AvgIpc) is 2.83. The van der Waals surface area contributed by atoms with E-state index >= 15 is 0 Å². The maximum atomic E-state index is 7.20. The third-order valence-corrected chi connectivity index (χ3v) is 11.6. The standard InChI is InChI=1S/C33H42OSi/c1-27(2)16-13-17-28(3)18-14-19-29-20-15-21-30(26-29)34-35(33(4,5)6,31-22-9-7-10-23-31)32-24-11-8-12-25-32/h7-12,15-16,18,20-26H,13-14,17,19H2,1-6H3/b28-18+. The van der Waals surface area contributed by atoms with Crippen LogP contribution < -0.4 is 14.8 Å². The summed E-state index contributed by atoms with van der Waals surface area (Å²) in [7, 11) is -2.60. The van der Waals surface area contributed by atoms with Gasteiger partial charge in [-0.2, -0.15) is 0 Å². The van der Waals surface area contributed by atoms with E-state index in [4.69, 9.17) is 4.43 Å². The minimum absolute atomic E-state index is 0.0448. The van der Waals surface area contributed by atoms with Crippen molar-refractivity contribution >= 4 is 18.7 Å². The molecule has 2 heteroatoms. The van der Waals surface area contributed by atoms with Crippen LogP contribution in [0.3, 0.4) is 0 Å². The van der Waals surface area contributed by atoms with Gasteiger partial charge in [0.25, 0.3) is 0 Å². The van der Waals surface area contributed by atoms with Crippen LogP contribution in [0.25, 0.3) is 0 Å². The van der Waals surface area contributed by atoms with Gasteiger partial charge in [0.05, 0.1) is 0 Å². The first-order chi connectivity index (χ1) is 16.7. The van der Waals surface area contributed by atoms with Gasteiger partial charge in [-0.3, -0.25) is 0 Å². The van der Waals surface area contributed by atoms with E-state index in [-0.39, 0.29) is 5.04 Å². The number of rotatable bonds is 10. The Morgan fingerprint density at radius 1 is 0.743 bits per heavy atom. The molecule has 0 aliphatic carbocycles. The lowest BCUT2D eigenvalue weighted by Gasteiger charge is -2.43. The summed E-state index contributed by atoms with van der Waals surface area (Å²) < 4.78 is 7.20. The van der Waals surface area contributed by atoms with E-state index in [0.29, 0.717) is 0 Å². The summed E-state index contributed by atoms with van der Waals surface area (Å²) in [6.45, 7) is 13.6. The van der Waals surface area contributed by atoms with Crippen LogP contribution in [0.15, 0.2) is 108 Å². The summed E-state index contributed by atoms with van der Waals surface area (Å²) in [5.74, 6) is 0.973. The Hall–Kier alpha value is -2.84. The summed E-state index contributed by atoms with van der Waals surface area (Å²) in [6, 6.07) is 30.5. The van der Waals surface area contributed by atoms with Crippen LogP contribution in [0.5, 0.6) is 5.75 Å². The quantitative estimate of drug-likeness (QED) is 0.209. The van der Waals surface area contributed by atoms with Gasteiger partial charge in [-0.05, 0) is 79.6 Å². The summed E-state index contributed by atoms with van der Waals surface area (Å²) >= 11 is 0. The van der Waals surface area contributed by atoms with E-state index < -0.39 is 8.32 Å². The second-order valence-electron chi connectivity index (χ2n) is 10.8. The van der Waals surface area contributed by atoms with E-state index in [2.05, 4.69) is 139 Å². The highest BCUT2D eigenvalue weighted by Crippen LogP contribution is 2.37. The molecule has 0 atom stereocenters. The third kappa shape index (κ3) is 7.08. The Bertz CT molecular complexity index is 1080. The van der Waals surface area contributed by atoms with E-state index in [9.17, 15) is 0 Å². The van der Waals surface area contributed by atoms with Crippen molar-refractivity contribution in [2.45, 2.75) is 72.3 Å². The Morgan fingerprint density at radius 3 is 1.89 bits per heavy atom. The number of aryl methyl sites for hydroxylation is 1. The fourth-order valence-corrected chi connectivity index (χ4v) is 9.18. The van der Waals surface area contributed by atoms with Crippen LogP contribution >= 0.6 is 0 Å². The Morgan fingerprint density at radius 2 is 1.34 bits per heavy atom. The van der Waals surface area contributed by atoms with Gasteiger partial charge in [-0.15, -0.1) is 0 Å². The predicted molar refractivity (Wildman–Crippen MR) is 155 cm³/mol. The zero-order valence-corrected chi connectivity index (χ0v) is 23.5. The molecule has 0 aromatic heterocycles. The molecule has 0 saturated heterocycles. The number of hydrogen-bond acceptors (Lipinski definition) is 1. The van der Waals surface area contributed by atoms with Crippen molar-refractivity contribution in [3.8, 4) is 5.75 Å². The van der Waals surface area contributed by atoms with Gasteiger partial charge in [0, 0.05) is 0 Å². The molecular weight excluding hydrogens is 440 g/mol. The fraction of sp³-hybridized carbons (Fsp3) is 0.333. The molecule has 3 rings (SSSR count). The summed E-state index contributed by atoms with van der Waals surface area (Å²) in [4.78, 5) is 0. The second kappa shape index (κ2) is 12.2. The molecular formula is C33H42OSi. The van der Waals surface area contributed by atoms with Gasteiger partial charge in [0.15, 0.2) is 0 Å². The lowest BCUT2D eigenvalue weighted by Crippen LogP contribution is -2.68. The maximum absolute atomic E-state index is 7.20. The van der Waals surface area contributed by atoms with Crippen molar-refractivity contribution in [3.05, 3.63) is 114 Å². The van der Waals surface area contributed by atoms with Crippen molar-refractivity contribution in [2.24, 2.45) is 0 Å². The first-order valence-corrected chi connectivity index (χ1v) is 14.8. The molecule has 0 spiro atoms. The van der Waals surface area contributed by atoms with Gasteiger partial charge in [0.2, 0.25) is 0 Å². The molecule has 1 nitrogen and oxygen atoms in total. The molecule has 0 radical (unpaired) electrons. The minimum Gasteiger partial charge on any atom is -0.534 e. The van der Waals surface area contributed by atoms with Gasteiger partial charge in [0.1, 0.15) is 5.75 Å². The van der Waals surface area contributed by atoms with E-state index in [0.717, 1.165) is 31.4 Å². The zero-order valence-electron chi connectivity index (χ0n) is 22.5. The van der Waals surface area contributed by atoms with E-state index in [1.165, 1.54) is 27.1 Å². The molecule has 0 bridgehead atoms. The molecule has 35 heavy (non-hydrogen) atoms. The normalized spacial score (nSPS) is 12.3. The molecule has 3 aromatic rings. The molecule has 0 saturated carbocycles. The maximum Gasteiger partial charge on any atom is 0.319 e. The van der Waals surface area contributed by atoms with Crippen LogP contribution in [0.2, 0.25) is 5.04 Å². The SMILES string of the molecule is CC(C)=CCC/C(C)=C/CCc1cccc(O[Si](c2ccccc2)(c2ccccc2)C(C)(C)C)c1. The Labute approximate surface area is 214 Å². The fourth-order valence-electron chi connectivity index (χ4n) is 4.77. The summed E-state index contributed by atoms with van der Waals surface area (Å²) in [5, 5.41) is 2.56. The van der Waals surface area contributed by atoms with Gasteiger partial charge >= 0.3 is 8.32 Å². The molecule has 0 aliphatic heterocycles. The molecule has 0 N–H and O–H groups in total.